The number of piperazine rings is 1. The largest absolute Gasteiger partial charge is 0.347 e. The molecule has 2 aromatic heterocycles. The van der Waals surface area contributed by atoms with Crippen molar-refractivity contribution in [3.05, 3.63) is 23.4 Å². The Morgan fingerprint density at radius 3 is 2.72 bits per heavy atom. The lowest BCUT2D eigenvalue weighted by molar-refractivity contribution is -0.134. The molecule has 11 heteroatoms. The third-order valence-corrected chi connectivity index (χ3v) is 6.05. The van der Waals surface area contributed by atoms with Crippen molar-refractivity contribution in [2.24, 2.45) is 0 Å². The molecule has 1 saturated carbocycles. The van der Waals surface area contributed by atoms with Crippen LogP contribution in [-0.2, 0) is 17.8 Å². The molecular weight excluding hydrogens is 376 g/mol. The average Bonchev–Trinajstić information content (AvgIpc) is 3.30. The Kier molecular flexibility index (Phi) is 4.53. The first kappa shape index (κ1) is 18.2. The molecular formula is C18H24N8O3. The molecule has 0 bridgehead atoms. The topological polar surface area (TPSA) is 122 Å². The molecule has 29 heavy (non-hydrogen) atoms. The van der Waals surface area contributed by atoms with Crippen molar-refractivity contribution in [2.45, 2.75) is 51.2 Å². The number of hydrogen-bond donors (Lipinski definition) is 1. The summed E-state index contributed by atoms with van der Waals surface area (Å²) in [6.07, 6.45) is 3.31. The summed E-state index contributed by atoms with van der Waals surface area (Å²) >= 11 is 0. The summed E-state index contributed by atoms with van der Waals surface area (Å²) in [5.74, 6) is 1.77. The first-order chi connectivity index (χ1) is 14.1. The Morgan fingerprint density at radius 1 is 1.17 bits per heavy atom. The first-order valence-electron chi connectivity index (χ1n) is 10.1. The Morgan fingerprint density at radius 2 is 2.00 bits per heavy atom. The normalized spacial score (nSPS) is 22.0. The second kappa shape index (κ2) is 7.21. The lowest BCUT2D eigenvalue weighted by Crippen LogP contribution is -2.54. The molecule has 11 nitrogen and oxygen atoms in total. The van der Waals surface area contributed by atoms with E-state index in [0.717, 1.165) is 38.2 Å². The Hall–Kier alpha value is -2.82. The summed E-state index contributed by atoms with van der Waals surface area (Å²) in [5, 5.41) is 15.3. The molecule has 3 aliphatic rings. The van der Waals surface area contributed by atoms with E-state index in [-0.39, 0.29) is 30.3 Å². The van der Waals surface area contributed by atoms with Crippen LogP contribution in [0, 0.1) is 6.92 Å². The van der Waals surface area contributed by atoms with Gasteiger partial charge in [0.25, 0.3) is 5.91 Å². The van der Waals surface area contributed by atoms with Gasteiger partial charge in [0.2, 0.25) is 17.6 Å². The lowest BCUT2D eigenvalue weighted by Gasteiger charge is -2.43. The minimum absolute atomic E-state index is 0.0483. The summed E-state index contributed by atoms with van der Waals surface area (Å²) in [4.78, 5) is 33.5. The van der Waals surface area contributed by atoms with Gasteiger partial charge in [0.05, 0.1) is 6.04 Å². The van der Waals surface area contributed by atoms with Gasteiger partial charge in [-0.2, -0.15) is 4.98 Å². The molecule has 2 aliphatic heterocycles. The van der Waals surface area contributed by atoms with Crippen LogP contribution in [0.2, 0.25) is 0 Å². The molecule has 0 aromatic carbocycles. The fourth-order valence-corrected chi connectivity index (χ4v) is 4.19. The van der Waals surface area contributed by atoms with Crippen LogP contribution < -0.4 is 5.32 Å². The van der Waals surface area contributed by atoms with Gasteiger partial charge in [0, 0.05) is 38.8 Å². The zero-order valence-corrected chi connectivity index (χ0v) is 16.4. The number of carbonyl (C=O) groups excluding carboxylic acids is 2. The lowest BCUT2D eigenvalue weighted by atomic mass is 9.93. The number of hydrogen-bond acceptors (Lipinski definition) is 8. The van der Waals surface area contributed by atoms with Gasteiger partial charge in [-0.3, -0.25) is 14.5 Å². The second-order valence-corrected chi connectivity index (χ2v) is 7.94. The van der Waals surface area contributed by atoms with E-state index in [1.165, 1.54) is 0 Å². The molecule has 154 valence electrons. The number of aryl methyl sites for hydroxylation is 1. The number of aromatic nitrogens is 5. The molecule has 1 aliphatic carbocycles. The maximum absolute atomic E-state index is 12.7. The van der Waals surface area contributed by atoms with Crippen molar-refractivity contribution in [3.63, 3.8) is 0 Å². The number of nitrogens with zero attached hydrogens (tertiary/aromatic N) is 7. The molecule has 1 N–H and O–H groups in total. The summed E-state index contributed by atoms with van der Waals surface area (Å²) in [6, 6.07) is 0.190. The van der Waals surface area contributed by atoms with Crippen molar-refractivity contribution in [1.29, 1.82) is 0 Å². The molecule has 0 radical (unpaired) electrons. The minimum Gasteiger partial charge on any atom is -0.347 e. The predicted octanol–water partition coefficient (Wildman–Crippen LogP) is -0.307. The van der Waals surface area contributed by atoms with Gasteiger partial charge in [0.1, 0.15) is 6.42 Å². The van der Waals surface area contributed by atoms with Crippen molar-refractivity contribution >= 4 is 11.8 Å². The van der Waals surface area contributed by atoms with Crippen LogP contribution in [0.25, 0.3) is 0 Å². The van der Waals surface area contributed by atoms with Crippen LogP contribution in [-0.4, -0.2) is 78.7 Å². The highest BCUT2D eigenvalue weighted by atomic mass is 16.5. The van der Waals surface area contributed by atoms with Gasteiger partial charge in [-0.05, 0) is 26.2 Å². The Labute approximate surface area is 167 Å². The van der Waals surface area contributed by atoms with Gasteiger partial charge in [-0.1, -0.05) is 5.16 Å². The molecule has 1 atom stereocenters. The van der Waals surface area contributed by atoms with Crippen LogP contribution >= 0.6 is 0 Å². The Balaban J connectivity index is 1.30. The molecule has 2 amide bonds. The van der Waals surface area contributed by atoms with E-state index >= 15 is 0 Å². The van der Waals surface area contributed by atoms with Crippen LogP contribution in [0.3, 0.4) is 0 Å². The zero-order valence-electron chi connectivity index (χ0n) is 16.4. The monoisotopic (exact) mass is 400 g/mol. The number of rotatable bonds is 4. The highest BCUT2D eigenvalue weighted by molar-refractivity contribution is 5.91. The highest BCUT2D eigenvalue weighted by Gasteiger charge is 2.38. The molecule has 2 aromatic rings. The zero-order chi connectivity index (χ0) is 20.0. The average molecular weight is 400 g/mol. The van der Waals surface area contributed by atoms with Gasteiger partial charge < -0.3 is 19.3 Å². The van der Waals surface area contributed by atoms with Gasteiger partial charge >= 0.3 is 0 Å². The maximum atomic E-state index is 12.7. The minimum atomic E-state index is -0.155. The van der Waals surface area contributed by atoms with E-state index in [0.29, 0.717) is 37.2 Å². The van der Waals surface area contributed by atoms with Crippen molar-refractivity contribution < 1.29 is 14.1 Å². The third kappa shape index (κ3) is 3.39. The smallest absolute Gasteiger partial charge is 0.289 e. The first-order valence-corrected chi connectivity index (χ1v) is 10.1. The quantitative estimate of drug-likeness (QED) is 0.742. The third-order valence-electron chi connectivity index (χ3n) is 6.05. The van der Waals surface area contributed by atoms with Crippen LogP contribution in [0.4, 0.5) is 0 Å². The van der Waals surface area contributed by atoms with Crippen molar-refractivity contribution in [1.82, 2.24) is 40.0 Å². The summed E-state index contributed by atoms with van der Waals surface area (Å²) in [6.45, 7) is 5.13. The van der Waals surface area contributed by atoms with E-state index in [9.17, 15) is 9.59 Å². The number of amides is 2. The van der Waals surface area contributed by atoms with Gasteiger partial charge in [-0.25, -0.2) is 0 Å². The van der Waals surface area contributed by atoms with Gasteiger partial charge in [-0.15, -0.1) is 10.2 Å². The fraction of sp³-hybridized carbons (Fsp3) is 0.667. The molecule has 0 unspecified atom stereocenters. The predicted molar refractivity (Wildman–Crippen MR) is 98.8 cm³/mol. The second-order valence-electron chi connectivity index (χ2n) is 7.94. The van der Waals surface area contributed by atoms with E-state index < -0.39 is 0 Å². The number of carbonyl (C=O) groups is 2. The molecule has 5 rings (SSSR count). The molecule has 0 spiro atoms. The SMILES string of the molecule is Cc1noc(CC(=O)N2CCN3CCn4c(C(=O)NC5CCC5)nnc4[C@@H]3C2)n1. The van der Waals surface area contributed by atoms with E-state index in [4.69, 9.17) is 4.52 Å². The van der Waals surface area contributed by atoms with E-state index in [1.54, 1.807) is 11.8 Å². The van der Waals surface area contributed by atoms with Crippen LogP contribution in [0.5, 0.6) is 0 Å². The van der Waals surface area contributed by atoms with Crippen LogP contribution in [0.1, 0.15) is 53.5 Å². The number of nitrogens with one attached hydrogen (secondary N) is 1. The highest BCUT2D eigenvalue weighted by Crippen LogP contribution is 2.29. The molecule has 4 heterocycles. The summed E-state index contributed by atoms with van der Waals surface area (Å²) in [5.41, 5.74) is 0. The maximum Gasteiger partial charge on any atom is 0.289 e. The summed E-state index contributed by atoms with van der Waals surface area (Å²) in [7, 11) is 0. The van der Waals surface area contributed by atoms with E-state index in [2.05, 4.69) is 30.6 Å². The fourth-order valence-electron chi connectivity index (χ4n) is 4.19. The standard InChI is InChI=1S/C18H24N8O3/c1-11-19-14(29-23-11)9-15(27)25-6-5-24-7-8-26-16(13(24)10-25)21-22-17(26)18(28)20-12-3-2-4-12/h12-13H,2-10H2,1H3,(H,20,28)/t13-/m0/s1. The van der Waals surface area contributed by atoms with Crippen molar-refractivity contribution in [3.8, 4) is 0 Å². The summed E-state index contributed by atoms with van der Waals surface area (Å²) < 4.78 is 6.98. The van der Waals surface area contributed by atoms with Crippen LogP contribution in [0.15, 0.2) is 4.52 Å². The Bertz CT molecular complexity index is 933. The van der Waals surface area contributed by atoms with E-state index in [1.807, 2.05) is 4.57 Å². The molecule has 1 saturated heterocycles. The molecule has 2 fully saturated rings. The van der Waals surface area contributed by atoms with Gasteiger partial charge in [0.15, 0.2) is 11.6 Å². The number of fused-ring (bicyclic) bond motifs is 3. The van der Waals surface area contributed by atoms with Crippen molar-refractivity contribution in [2.75, 3.05) is 26.2 Å².